The minimum absolute atomic E-state index is 0.308. The number of rotatable bonds is 6. The van der Waals surface area contributed by atoms with E-state index in [1.807, 2.05) is 0 Å². The summed E-state index contributed by atoms with van der Waals surface area (Å²) in [4.78, 5) is 22.5. The van der Waals surface area contributed by atoms with Gasteiger partial charge in [-0.1, -0.05) is 29.8 Å². The van der Waals surface area contributed by atoms with Crippen molar-refractivity contribution in [2.45, 2.75) is 0 Å². The van der Waals surface area contributed by atoms with Crippen molar-refractivity contribution in [3.8, 4) is 0 Å². The highest BCUT2D eigenvalue weighted by molar-refractivity contribution is 6.30. The lowest BCUT2D eigenvalue weighted by Gasteiger charge is -2.02. The van der Waals surface area contributed by atoms with Crippen LogP contribution in [0.2, 0.25) is 5.02 Å². The van der Waals surface area contributed by atoms with Crippen molar-refractivity contribution in [2.75, 3.05) is 13.2 Å². The van der Waals surface area contributed by atoms with Crippen molar-refractivity contribution < 1.29 is 14.3 Å². The molecule has 1 amide bonds. The molecule has 0 atom stereocenters. The molecule has 1 rings (SSSR count). The summed E-state index contributed by atoms with van der Waals surface area (Å²) in [5, 5.41) is 3.12. The van der Waals surface area contributed by atoms with Crippen LogP contribution in [0.3, 0.4) is 0 Å². The highest BCUT2D eigenvalue weighted by atomic mass is 35.5. The summed E-state index contributed by atoms with van der Waals surface area (Å²) >= 11 is 5.73. The maximum Gasteiger partial charge on any atom is 0.331 e. The number of carbonyl (C=O) groups excluding carboxylic acids is 2. The molecule has 0 aliphatic rings. The van der Waals surface area contributed by atoms with Crippen LogP contribution >= 0.6 is 11.6 Å². The molecule has 5 heteroatoms. The van der Waals surface area contributed by atoms with Gasteiger partial charge < -0.3 is 10.1 Å². The first kappa shape index (κ1) is 15.0. The van der Waals surface area contributed by atoms with Crippen molar-refractivity contribution in [3.63, 3.8) is 0 Å². The van der Waals surface area contributed by atoms with Crippen LogP contribution in [0.5, 0.6) is 0 Å². The van der Waals surface area contributed by atoms with Crippen molar-refractivity contribution >= 4 is 29.6 Å². The van der Waals surface area contributed by atoms with Crippen LogP contribution in [0.1, 0.15) is 5.56 Å². The fourth-order valence-electron chi connectivity index (χ4n) is 1.16. The maximum absolute atomic E-state index is 11.3. The Hall–Kier alpha value is -2.07. The molecule has 0 bridgehead atoms. The van der Waals surface area contributed by atoms with Crippen molar-refractivity contribution in [2.24, 2.45) is 0 Å². The highest BCUT2D eigenvalue weighted by Crippen LogP contribution is 2.10. The highest BCUT2D eigenvalue weighted by Gasteiger charge is 2.03. The molecular formula is C14H14ClNO3. The van der Waals surface area contributed by atoms with Gasteiger partial charge in [0.05, 0.1) is 0 Å². The Bertz CT molecular complexity index is 480. The molecule has 0 saturated heterocycles. The van der Waals surface area contributed by atoms with E-state index in [0.717, 1.165) is 5.56 Å². The van der Waals surface area contributed by atoms with Crippen molar-refractivity contribution in [3.05, 3.63) is 53.6 Å². The van der Waals surface area contributed by atoms with Crippen LogP contribution < -0.4 is 5.32 Å². The molecule has 1 aromatic carbocycles. The van der Waals surface area contributed by atoms with Gasteiger partial charge in [0.1, 0.15) is 0 Å². The molecule has 0 aliphatic heterocycles. The number of carbonyl (C=O) groups is 2. The molecule has 4 nitrogen and oxygen atoms in total. The van der Waals surface area contributed by atoms with Crippen LogP contribution in [-0.4, -0.2) is 25.0 Å². The first-order valence-corrected chi connectivity index (χ1v) is 5.97. The molecule has 0 saturated carbocycles. The summed E-state index contributed by atoms with van der Waals surface area (Å²) in [6, 6.07) is 6.97. The van der Waals surface area contributed by atoms with Gasteiger partial charge in [-0.2, -0.15) is 0 Å². The van der Waals surface area contributed by atoms with E-state index >= 15 is 0 Å². The lowest BCUT2D eigenvalue weighted by molar-refractivity contribution is -0.143. The Kier molecular flexibility index (Phi) is 6.39. The lowest BCUT2D eigenvalue weighted by Crippen LogP contribution is -2.28. The Labute approximate surface area is 116 Å². The quantitative estimate of drug-likeness (QED) is 0.493. The number of amides is 1. The van der Waals surface area contributed by atoms with Crippen molar-refractivity contribution in [1.82, 2.24) is 5.32 Å². The summed E-state index contributed by atoms with van der Waals surface area (Å²) in [7, 11) is 0. The van der Waals surface area contributed by atoms with Gasteiger partial charge in [-0.05, 0) is 23.8 Å². The third-order valence-electron chi connectivity index (χ3n) is 2.07. The molecule has 0 aliphatic carbocycles. The minimum atomic E-state index is -0.580. The zero-order valence-corrected chi connectivity index (χ0v) is 11.0. The average Bonchev–Trinajstić information content (AvgIpc) is 2.42. The van der Waals surface area contributed by atoms with E-state index in [-0.39, 0.29) is 12.5 Å². The fourth-order valence-corrected chi connectivity index (χ4v) is 1.29. The zero-order chi connectivity index (χ0) is 14.1. The lowest BCUT2D eigenvalue weighted by atomic mass is 10.2. The van der Waals surface area contributed by atoms with E-state index in [4.69, 9.17) is 16.3 Å². The summed E-state index contributed by atoms with van der Waals surface area (Å²) in [6.07, 6.45) is 4.38. The van der Waals surface area contributed by atoms with E-state index in [2.05, 4.69) is 11.9 Å². The monoisotopic (exact) mass is 279 g/mol. The van der Waals surface area contributed by atoms with Gasteiger partial charge >= 0.3 is 5.97 Å². The number of hydrogen-bond donors (Lipinski definition) is 1. The second kappa shape index (κ2) is 8.11. The van der Waals surface area contributed by atoms with Crippen LogP contribution in [0.25, 0.3) is 6.08 Å². The van der Waals surface area contributed by atoms with Crippen LogP contribution in [-0.2, 0) is 14.3 Å². The van der Waals surface area contributed by atoms with Crippen LogP contribution in [0.4, 0.5) is 0 Å². The van der Waals surface area contributed by atoms with Crippen LogP contribution in [0.15, 0.2) is 43.0 Å². The minimum Gasteiger partial charge on any atom is -0.452 e. The smallest absolute Gasteiger partial charge is 0.331 e. The third-order valence-corrected chi connectivity index (χ3v) is 2.32. The van der Waals surface area contributed by atoms with Gasteiger partial charge in [0.15, 0.2) is 6.61 Å². The second-order valence-corrected chi connectivity index (χ2v) is 4.02. The maximum atomic E-state index is 11.3. The summed E-state index contributed by atoms with van der Waals surface area (Å²) in [6.45, 7) is 3.49. The molecule has 1 aromatic rings. The Balaban J connectivity index is 2.36. The molecule has 0 spiro atoms. The summed E-state index contributed by atoms with van der Waals surface area (Å²) in [5.41, 5.74) is 0.817. The van der Waals surface area contributed by atoms with Gasteiger partial charge in [0.25, 0.3) is 5.91 Å². The molecule has 100 valence electrons. The molecule has 19 heavy (non-hydrogen) atoms. The van der Waals surface area contributed by atoms with Gasteiger partial charge in [0, 0.05) is 17.6 Å². The first-order valence-electron chi connectivity index (χ1n) is 5.60. The van der Waals surface area contributed by atoms with E-state index in [1.54, 1.807) is 36.4 Å². The molecule has 0 heterocycles. The number of esters is 1. The molecular weight excluding hydrogens is 266 g/mol. The Morgan fingerprint density at radius 3 is 2.63 bits per heavy atom. The molecule has 0 aromatic heterocycles. The molecule has 0 fully saturated rings. The third kappa shape index (κ3) is 6.43. The summed E-state index contributed by atoms with van der Waals surface area (Å²) in [5.74, 6) is -0.947. The molecule has 0 radical (unpaired) electrons. The average molecular weight is 280 g/mol. The second-order valence-electron chi connectivity index (χ2n) is 3.59. The largest absolute Gasteiger partial charge is 0.452 e. The topological polar surface area (TPSA) is 55.4 Å². The predicted molar refractivity (Wildman–Crippen MR) is 74.7 cm³/mol. The van der Waals surface area contributed by atoms with E-state index in [0.29, 0.717) is 11.6 Å². The normalized spacial score (nSPS) is 10.2. The molecule has 1 N–H and O–H groups in total. The van der Waals surface area contributed by atoms with Gasteiger partial charge in [-0.3, -0.25) is 4.79 Å². The van der Waals surface area contributed by atoms with Gasteiger partial charge in [-0.15, -0.1) is 6.58 Å². The Morgan fingerprint density at radius 2 is 2.00 bits per heavy atom. The first-order chi connectivity index (χ1) is 9.11. The van der Waals surface area contributed by atoms with E-state index < -0.39 is 5.97 Å². The number of benzene rings is 1. The Morgan fingerprint density at radius 1 is 1.32 bits per heavy atom. The van der Waals surface area contributed by atoms with Gasteiger partial charge in [0.2, 0.25) is 0 Å². The number of ether oxygens (including phenoxy) is 1. The summed E-state index contributed by atoms with van der Waals surface area (Å²) < 4.78 is 4.75. The predicted octanol–water partition coefficient (Wildman–Crippen LogP) is 2.20. The number of hydrogen-bond acceptors (Lipinski definition) is 3. The van der Waals surface area contributed by atoms with Gasteiger partial charge in [-0.25, -0.2) is 4.79 Å². The number of halogens is 1. The zero-order valence-electron chi connectivity index (χ0n) is 10.3. The van der Waals surface area contributed by atoms with Crippen molar-refractivity contribution in [1.29, 1.82) is 0 Å². The SMILES string of the molecule is C=CCNC(=O)COC(=O)/C=C/c1ccc(Cl)cc1. The van der Waals surface area contributed by atoms with Crippen LogP contribution in [0, 0.1) is 0 Å². The number of nitrogens with one attached hydrogen (secondary N) is 1. The molecule has 0 unspecified atom stereocenters. The standard InChI is InChI=1S/C14H14ClNO3/c1-2-9-16-13(17)10-19-14(18)8-5-11-3-6-12(15)7-4-11/h2-8H,1,9-10H2,(H,16,17)/b8-5+. The van der Waals surface area contributed by atoms with E-state index in [1.165, 1.54) is 6.08 Å². The fraction of sp³-hybridized carbons (Fsp3) is 0.143. The van der Waals surface area contributed by atoms with E-state index in [9.17, 15) is 9.59 Å².